The number of carbonyl (C=O) groups is 1. The van der Waals surface area contributed by atoms with Gasteiger partial charge < -0.3 is 9.50 Å². The Balaban J connectivity index is 1.71. The largest absolute Gasteiger partial charge is 0.379 e. The standard InChI is InChI=1S/C23H23NO4S/c1-3-22(24-23(25)19-7-5-4-6-8-19)18-11-13-20(14-12-18)28-29(26,27)21-15-9-17(2)10-16-21/h4-16,22H,3H2,1-2H3,(H,24,25). The minimum Gasteiger partial charge on any atom is -0.379 e. The molecule has 0 aliphatic carbocycles. The summed E-state index contributed by atoms with van der Waals surface area (Å²) < 4.78 is 30.1. The van der Waals surface area contributed by atoms with E-state index in [1.807, 2.05) is 32.0 Å². The van der Waals surface area contributed by atoms with Crippen LogP contribution in [0.4, 0.5) is 0 Å². The molecule has 3 rings (SSSR count). The van der Waals surface area contributed by atoms with Gasteiger partial charge in [0.25, 0.3) is 5.91 Å². The summed E-state index contributed by atoms with van der Waals surface area (Å²) in [7, 11) is -3.89. The van der Waals surface area contributed by atoms with E-state index in [9.17, 15) is 13.2 Å². The Labute approximate surface area is 171 Å². The van der Waals surface area contributed by atoms with Crippen molar-refractivity contribution in [2.75, 3.05) is 0 Å². The fourth-order valence-electron chi connectivity index (χ4n) is 2.89. The topological polar surface area (TPSA) is 72.5 Å². The summed E-state index contributed by atoms with van der Waals surface area (Å²) in [5.74, 6) is 0.0679. The van der Waals surface area contributed by atoms with Crippen molar-refractivity contribution >= 4 is 16.0 Å². The highest BCUT2D eigenvalue weighted by atomic mass is 32.2. The summed E-state index contributed by atoms with van der Waals surface area (Å²) in [5.41, 5.74) is 2.43. The fourth-order valence-corrected chi connectivity index (χ4v) is 3.82. The summed E-state index contributed by atoms with van der Waals surface area (Å²) in [4.78, 5) is 12.5. The molecule has 0 heterocycles. The fraction of sp³-hybridized carbons (Fsp3) is 0.174. The Morgan fingerprint density at radius 3 is 2.14 bits per heavy atom. The Bertz CT molecular complexity index is 1060. The van der Waals surface area contributed by atoms with E-state index in [1.54, 1.807) is 48.5 Å². The smallest absolute Gasteiger partial charge is 0.339 e. The molecule has 29 heavy (non-hydrogen) atoms. The molecule has 3 aromatic carbocycles. The lowest BCUT2D eigenvalue weighted by molar-refractivity contribution is 0.0935. The van der Waals surface area contributed by atoms with E-state index in [4.69, 9.17) is 4.18 Å². The lowest BCUT2D eigenvalue weighted by Gasteiger charge is -2.18. The van der Waals surface area contributed by atoms with Gasteiger partial charge in [-0.3, -0.25) is 4.79 Å². The lowest BCUT2D eigenvalue weighted by Crippen LogP contribution is -2.28. The highest BCUT2D eigenvalue weighted by molar-refractivity contribution is 7.87. The van der Waals surface area contributed by atoms with Crippen LogP contribution >= 0.6 is 0 Å². The molecule has 6 heteroatoms. The molecule has 0 spiro atoms. The number of hydrogen-bond acceptors (Lipinski definition) is 4. The van der Waals surface area contributed by atoms with Crippen molar-refractivity contribution in [3.63, 3.8) is 0 Å². The van der Waals surface area contributed by atoms with Crippen LogP contribution < -0.4 is 9.50 Å². The zero-order valence-electron chi connectivity index (χ0n) is 16.3. The molecule has 0 aliphatic rings. The van der Waals surface area contributed by atoms with Gasteiger partial charge in [0.2, 0.25) is 0 Å². The normalized spacial score (nSPS) is 12.2. The number of rotatable bonds is 7. The molecule has 0 radical (unpaired) electrons. The summed E-state index contributed by atoms with van der Waals surface area (Å²) >= 11 is 0. The maximum atomic E-state index is 12.4. The van der Waals surface area contributed by atoms with E-state index in [-0.39, 0.29) is 22.6 Å². The first kappa shape index (κ1) is 20.6. The van der Waals surface area contributed by atoms with E-state index in [0.29, 0.717) is 12.0 Å². The van der Waals surface area contributed by atoms with Gasteiger partial charge in [0.1, 0.15) is 10.6 Å². The Morgan fingerprint density at radius 1 is 0.931 bits per heavy atom. The predicted molar refractivity (Wildman–Crippen MR) is 112 cm³/mol. The molecule has 1 amide bonds. The van der Waals surface area contributed by atoms with Crippen LogP contribution in [-0.4, -0.2) is 14.3 Å². The molecule has 0 aromatic heterocycles. The van der Waals surface area contributed by atoms with Crippen LogP contribution in [0.15, 0.2) is 83.8 Å². The maximum absolute atomic E-state index is 12.4. The van der Waals surface area contributed by atoms with Gasteiger partial charge in [-0.1, -0.05) is 55.0 Å². The summed E-state index contributed by atoms with van der Waals surface area (Å²) in [6.45, 7) is 3.86. The van der Waals surface area contributed by atoms with E-state index in [0.717, 1.165) is 11.1 Å². The molecule has 0 saturated carbocycles. The van der Waals surface area contributed by atoms with Crippen LogP contribution in [-0.2, 0) is 10.1 Å². The Kier molecular flexibility index (Phi) is 6.34. The van der Waals surface area contributed by atoms with Crippen LogP contribution in [0.25, 0.3) is 0 Å². The maximum Gasteiger partial charge on any atom is 0.339 e. The zero-order chi connectivity index (χ0) is 20.9. The third-order valence-electron chi connectivity index (χ3n) is 4.55. The lowest BCUT2D eigenvalue weighted by atomic mass is 10.0. The molecule has 0 fully saturated rings. The van der Waals surface area contributed by atoms with Gasteiger partial charge in [-0.25, -0.2) is 0 Å². The van der Waals surface area contributed by atoms with Gasteiger partial charge in [-0.2, -0.15) is 8.42 Å². The molecular weight excluding hydrogens is 386 g/mol. The van der Waals surface area contributed by atoms with Crippen LogP contribution in [0, 0.1) is 6.92 Å². The van der Waals surface area contributed by atoms with Crippen molar-refractivity contribution in [1.82, 2.24) is 5.32 Å². The van der Waals surface area contributed by atoms with E-state index >= 15 is 0 Å². The number of benzene rings is 3. The average molecular weight is 410 g/mol. The Morgan fingerprint density at radius 2 is 1.55 bits per heavy atom. The third kappa shape index (κ3) is 5.23. The van der Waals surface area contributed by atoms with Crippen LogP contribution in [0.3, 0.4) is 0 Å². The molecule has 0 saturated heterocycles. The first-order valence-corrected chi connectivity index (χ1v) is 10.8. The molecule has 1 unspecified atom stereocenters. The number of amides is 1. The second-order valence-electron chi connectivity index (χ2n) is 6.72. The quantitative estimate of drug-likeness (QED) is 0.577. The van der Waals surface area contributed by atoms with Crippen molar-refractivity contribution in [2.24, 2.45) is 0 Å². The summed E-state index contributed by atoms with van der Waals surface area (Å²) in [6, 6.07) is 22.0. The second-order valence-corrected chi connectivity index (χ2v) is 8.27. The second kappa shape index (κ2) is 8.92. The number of aryl methyl sites for hydroxylation is 1. The molecule has 1 atom stereocenters. The monoisotopic (exact) mass is 409 g/mol. The number of carbonyl (C=O) groups excluding carboxylic acids is 1. The molecular formula is C23H23NO4S. The van der Waals surface area contributed by atoms with Crippen LogP contribution in [0.1, 0.15) is 40.9 Å². The van der Waals surface area contributed by atoms with E-state index in [2.05, 4.69) is 5.32 Å². The highest BCUT2D eigenvalue weighted by Crippen LogP contribution is 2.23. The highest BCUT2D eigenvalue weighted by Gasteiger charge is 2.18. The number of nitrogens with one attached hydrogen (secondary N) is 1. The van der Waals surface area contributed by atoms with Gasteiger partial charge in [0.15, 0.2) is 0 Å². The van der Waals surface area contributed by atoms with Crippen molar-refractivity contribution in [1.29, 1.82) is 0 Å². The molecule has 3 aromatic rings. The SMILES string of the molecule is CCC(NC(=O)c1ccccc1)c1ccc(OS(=O)(=O)c2ccc(C)cc2)cc1. The van der Waals surface area contributed by atoms with Gasteiger partial charge in [-0.15, -0.1) is 0 Å². The molecule has 0 bridgehead atoms. The molecule has 5 nitrogen and oxygen atoms in total. The zero-order valence-corrected chi connectivity index (χ0v) is 17.1. The van der Waals surface area contributed by atoms with E-state index in [1.165, 1.54) is 12.1 Å². The molecule has 0 aliphatic heterocycles. The predicted octanol–water partition coefficient (Wildman–Crippen LogP) is 4.64. The first-order valence-electron chi connectivity index (χ1n) is 9.36. The minimum absolute atomic E-state index is 0.105. The van der Waals surface area contributed by atoms with Gasteiger partial charge >= 0.3 is 10.1 Å². The third-order valence-corrected chi connectivity index (χ3v) is 5.81. The van der Waals surface area contributed by atoms with Crippen molar-refractivity contribution in [3.05, 3.63) is 95.6 Å². The summed E-state index contributed by atoms with van der Waals surface area (Å²) in [6.07, 6.45) is 0.695. The van der Waals surface area contributed by atoms with Gasteiger partial charge in [-0.05, 0) is 55.3 Å². The van der Waals surface area contributed by atoms with Crippen molar-refractivity contribution in [3.8, 4) is 5.75 Å². The average Bonchev–Trinajstić information content (AvgIpc) is 2.73. The van der Waals surface area contributed by atoms with Crippen molar-refractivity contribution in [2.45, 2.75) is 31.2 Å². The summed E-state index contributed by atoms with van der Waals surface area (Å²) in [5, 5.41) is 3.00. The van der Waals surface area contributed by atoms with Gasteiger partial charge in [0.05, 0.1) is 6.04 Å². The van der Waals surface area contributed by atoms with E-state index < -0.39 is 10.1 Å². The van der Waals surface area contributed by atoms with Crippen LogP contribution in [0.2, 0.25) is 0 Å². The van der Waals surface area contributed by atoms with Crippen LogP contribution in [0.5, 0.6) is 5.75 Å². The van der Waals surface area contributed by atoms with Gasteiger partial charge in [0, 0.05) is 5.56 Å². The first-order chi connectivity index (χ1) is 13.9. The molecule has 150 valence electrons. The minimum atomic E-state index is -3.89. The van der Waals surface area contributed by atoms with Crippen molar-refractivity contribution < 1.29 is 17.4 Å². The number of hydrogen-bond donors (Lipinski definition) is 1. The molecule has 1 N–H and O–H groups in total. The Hall–Kier alpha value is -3.12.